The van der Waals surface area contributed by atoms with Crippen LogP contribution in [0.25, 0.3) is 66.1 Å². The zero-order valence-electron chi connectivity index (χ0n) is 28.6. The number of nitrogens with zero attached hydrogens (tertiary/aromatic N) is 1. The van der Waals surface area contributed by atoms with Gasteiger partial charge in [-0.2, -0.15) is 0 Å². The molecular weight excluding hydrogens is 635 g/mol. The summed E-state index contributed by atoms with van der Waals surface area (Å²) in [6, 6.07) is 64.0. The summed E-state index contributed by atoms with van der Waals surface area (Å²) >= 11 is 0. The van der Waals surface area contributed by atoms with Crippen LogP contribution in [0.1, 0.15) is 0 Å². The van der Waals surface area contributed by atoms with Crippen molar-refractivity contribution >= 4 is 68.2 Å². The molecule has 0 saturated heterocycles. The minimum atomic E-state index is -2.19. The summed E-state index contributed by atoms with van der Waals surface area (Å²) in [6.45, 7) is 5.00. The third-order valence-electron chi connectivity index (χ3n) is 10.8. The lowest BCUT2D eigenvalue weighted by Gasteiger charge is -2.31. The molecule has 0 atom stereocenters. The molecule has 0 fully saturated rings. The van der Waals surface area contributed by atoms with Gasteiger partial charge in [0.1, 0.15) is 19.2 Å². The predicted octanol–water partition coefficient (Wildman–Crippen LogP) is 12.3. The number of hydrogen-bond donors (Lipinski definition) is 0. The van der Waals surface area contributed by atoms with E-state index in [0.29, 0.717) is 0 Å². The fraction of sp³-hybridized carbons (Fsp3) is 0.0417. The normalized spacial score (nSPS) is 13.1. The summed E-state index contributed by atoms with van der Waals surface area (Å²) in [5.74, 6) is 0. The second kappa shape index (κ2) is 11.4. The Morgan fingerprint density at radius 3 is 2.02 bits per heavy atom. The first kappa shape index (κ1) is 29.7. The van der Waals surface area contributed by atoms with Gasteiger partial charge in [-0.15, -0.1) is 0 Å². The number of rotatable bonds is 5. The molecular formula is C48H35NOSi. The maximum Gasteiger partial charge on any atom is 0.143 e. The maximum absolute atomic E-state index is 6.67. The third-order valence-corrected chi connectivity index (χ3v) is 14.4. The highest BCUT2D eigenvalue weighted by molar-refractivity contribution is 7.05. The molecule has 0 bridgehead atoms. The van der Waals surface area contributed by atoms with Crippen LogP contribution in [0, 0.1) is 0 Å². The van der Waals surface area contributed by atoms with Crippen molar-refractivity contribution in [3.8, 4) is 33.4 Å². The molecule has 3 heteroatoms. The van der Waals surface area contributed by atoms with E-state index in [1.54, 1.807) is 0 Å². The Hall–Kier alpha value is -6.16. The molecule has 0 radical (unpaired) electrons. The zero-order chi connectivity index (χ0) is 34.1. The molecule has 2 nitrogen and oxygen atoms in total. The smallest absolute Gasteiger partial charge is 0.143 e. The molecule has 1 aliphatic rings. The monoisotopic (exact) mass is 669 g/mol. The maximum atomic E-state index is 6.67. The number of benzene rings is 8. The lowest BCUT2D eigenvalue weighted by molar-refractivity contribution is 0.670. The molecule has 1 aromatic heterocycles. The third kappa shape index (κ3) is 4.70. The summed E-state index contributed by atoms with van der Waals surface area (Å²) in [6.07, 6.45) is 0. The molecule has 0 unspecified atom stereocenters. The second-order valence-corrected chi connectivity index (χ2v) is 18.4. The Labute approximate surface area is 298 Å². The van der Waals surface area contributed by atoms with Gasteiger partial charge in [-0.1, -0.05) is 147 Å². The number of para-hydroxylation sites is 1. The van der Waals surface area contributed by atoms with E-state index < -0.39 is 8.07 Å². The summed E-state index contributed by atoms with van der Waals surface area (Å²) in [5, 5.41) is 7.73. The molecule has 0 N–H and O–H groups in total. The first-order chi connectivity index (χ1) is 25.0. The lowest BCUT2D eigenvalue weighted by Crippen LogP contribution is -2.50. The van der Waals surface area contributed by atoms with E-state index >= 15 is 0 Å². The number of hydrogen-bond acceptors (Lipinski definition) is 2. The largest absolute Gasteiger partial charge is 0.455 e. The Morgan fingerprint density at radius 1 is 0.471 bits per heavy atom. The van der Waals surface area contributed by atoms with E-state index in [0.717, 1.165) is 22.5 Å². The summed E-state index contributed by atoms with van der Waals surface area (Å²) < 4.78 is 6.67. The van der Waals surface area contributed by atoms with Gasteiger partial charge in [-0.25, -0.2) is 0 Å². The first-order valence-corrected chi connectivity index (χ1v) is 20.7. The minimum Gasteiger partial charge on any atom is -0.455 e. The number of furan rings is 1. The molecule has 8 aromatic carbocycles. The fourth-order valence-electron chi connectivity index (χ4n) is 8.36. The van der Waals surface area contributed by atoms with E-state index in [9.17, 15) is 0 Å². The number of anilines is 3. The molecule has 9 aromatic rings. The Morgan fingerprint density at radius 2 is 1.16 bits per heavy atom. The zero-order valence-corrected chi connectivity index (χ0v) is 29.6. The molecule has 0 spiro atoms. The summed E-state index contributed by atoms with van der Waals surface area (Å²) in [5.41, 5.74) is 12.8. The van der Waals surface area contributed by atoms with Gasteiger partial charge in [0.15, 0.2) is 0 Å². The van der Waals surface area contributed by atoms with Gasteiger partial charge in [0.2, 0.25) is 0 Å². The Balaban J connectivity index is 1.19. The molecule has 0 aliphatic carbocycles. The van der Waals surface area contributed by atoms with Crippen molar-refractivity contribution in [3.63, 3.8) is 0 Å². The van der Waals surface area contributed by atoms with Crippen molar-refractivity contribution in [2.45, 2.75) is 13.1 Å². The topological polar surface area (TPSA) is 16.4 Å². The average Bonchev–Trinajstić information content (AvgIpc) is 3.68. The van der Waals surface area contributed by atoms with Crippen LogP contribution in [-0.2, 0) is 0 Å². The van der Waals surface area contributed by atoms with Gasteiger partial charge in [-0.05, 0) is 91.4 Å². The fourth-order valence-corrected chi connectivity index (χ4v) is 11.7. The average molecular weight is 670 g/mol. The Kier molecular flexibility index (Phi) is 6.67. The molecule has 0 saturated carbocycles. The van der Waals surface area contributed by atoms with Gasteiger partial charge in [0, 0.05) is 33.4 Å². The highest BCUT2D eigenvalue weighted by atomic mass is 28.3. The van der Waals surface area contributed by atoms with E-state index in [1.807, 2.05) is 0 Å². The van der Waals surface area contributed by atoms with Gasteiger partial charge >= 0.3 is 0 Å². The van der Waals surface area contributed by atoms with E-state index in [1.165, 1.54) is 71.0 Å². The van der Waals surface area contributed by atoms with Crippen LogP contribution >= 0.6 is 0 Å². The van der Waals surface area contributed by atoms with Crippen LogP contribution in [0.5, 0.6) is 0 Å². The van der Waals surface area contributed by atoms with Crippen molar-refractivity contribution in [2.24, 2.45) is 0 Å². The Bertz CT molecular complexity index is 2780. The molecule has 2 heterocycles. The van der Waals surface area contributed by atoms with Crippen molar-refractivity contribution in [1.82, 2.24) is 0 Å². The molecule has 51 heavy (non-hydrogen) atoms. The SMILES string of the molecule is C[Si]1(C)c2ccc3c(oc4ccccc43)c2-c2cccc(N(c3ccc(-c4ccccc4)cc3)c3cccc(-c4ccc5ccccc5c4)c3)c21. The first-order valence-electron chi connectivity index (χ1n) is 17.7. The van der Waals surface area contributed by atoms with Crippen molar-refractivity contribution in [2.75, 3.05) is 4.90 Å². The van der Waals surface area contributed by atoms with Crippen LogP contribution in [0.2, 0.25) is 13.1 Å². The van der Waals surface area contributed by atoms with E-state index in [4.69, 9.17) is 4.42 Å². The lowest BCUT2D eigenvalue weighted by atomic mass is 9.99. The number of fused-ring (bicyclic) bond motifs is 8. The summed E-state index contributed by atoms with van der Waals surface area (Å²) in [7, 11) is -2.19. The van der Waals surface area contributed by atoms with Crippen molar-refractivity contribution < 1.29 is 4.42 Å². The molecule has 0 amide bonds. The molecule has 1 aliphatic heterocycles. The van der Waals surface area contributed by atoms with E-state index in [2.05, 4.69) is 194 Å². The highest BCUT2D eigenvalue weighted by Gasteiger charge is 2.42. The van der Waals surface area contributed by atoms with Crippen LogP contribution in [0.3, 0.4) is 0 Å². The standard InChI is InChI=1S/C48H35NOSi/c1-51(2)45-29-28-41-40-18-8-9-21-44(40)50-47(41)46(45)42-19-11-20-43(48(42)51)49(38-26-24-34(25-27-38)32-12-4-3-5-13-32)39-17-10-16-36(31-39)37-23-22-33-14-6-7-15-35(33)30-37/h3-31H,1-2H3. The van der Waals surface area contributed by atoms with Crippen LogP contribution in [-0.4, -0.2) is 8.07 Å². The van der Waals surface area contributed by atoms with Crippen molar-refractivity contribution in [1.29, 1.82) is 0 Å². The highest BCUT2D eigenvalue weighted by Crippen LogP contribution is 2.44. The quantitative estimate of drug-likeness (QED) is 0.170. The van der Waals surface area contributed by atoms with Gasteiger partial charge < -0.3 is 9.32 Å². The van der Waals surface area contributed by atoms with Crippen LogP contribution in [0.15, 0.2) is 180 Å². The van der Waals surface area contributed by atoms with Gasteiger partial charge in [0.05, 0.1) is 0 Å². The second-order valence-electron chi connectivity index (χ2n) is 14.1. The van der Waals surface area contributed by atoms with Gasteiger partial charge in [0.25, 0.3) is 0 Å². The van der Waals surface area contributed by atoms with Gasteiger partial charge in [-0.3, -0.25) is 0 Å². The molecule has 242 valence electrons. The van der Waals surface area contributed by atoms with Crippen LogP contribution < -0.4 is 15.3 Å². The van der Waals surface area contributed by atoms with Crippen molar-refractivity contribution in [3.05, 3.63) is 176 Å². The van der Waals surface area contributed by atoms with E-state index in [-0.39, 0.29) is 0 Å². The van der Waals surface area contributed by atoms with Crippen LogP contribution in [0.4, 0.5) is 17.1 Å². The minimum absolute atomic E-state index is 0.940. The predicted molar refractivity (Wildman–Crippen MR) is 219 cm³/mol. The summed E-state index contributed by atoms with van der Waals surface area (Å²) in [4.78, 5) is 2.48. The molecule has 10 rings (SSSR count).